The van der Waals surface area contributed by atoms with Crippen LogP contribution in [-0.4, -0.2) is 12.9 Å². The molecule has 0 N–H and O–H groups in total. The van der Waals surface area contributed by atoms with Crippen molar-refractivity contribution in [2.75, 3.05) is 7.11 Å². The molecule has 0 rings (SSSR count). The number of carbonyl (C=O) groups excluding carboxylic acids is 1. The van der Waals surface area contributed by atoms with E-state index in [1.807, 2.05) is 0 Å². The zero-order valence-electron chi connectivity index (χ0n) is 6.18. The smallest absolute Gasteiger partial charge is 0.205 e. The molecule has 0 radical (unpaired) electrons. The van der Waals surface area contributed by atoms with Gasteiger partial charge in [-0.3, -0.25) is 4.79 Å². The Balaban J connectivity index is 3.69. The molecule has 0 aromatic carbocycles. The minimum absolute atomic E-state index is 0.0549. The van der Waals surface area contributed by atoms with Crippen LogP contribution >= 0.6 is 0 Å². The van der Waals surface area contributed by atoms with Crippen LogP contribution in [0.1, 0.15) is 13.3 Å². The predicted molar refractivity (Wildman–Crippen MR) is 39.2 cm³/mol. The molecule has 0 saturated carbocycles. The van der Waals surface area contributed by atoms with Gasteiger partial charge in [-0.2, -0.15) is 0 Å². The standard InChI is InChI=1S/C8H10O2/c1-3-8(9)6-4-5-7-10-2/h5,7H,3H2,1-2H3/b7-5-. The van der Waals surface area contributed by atoms with Gasteiger partial charge in [-0.15, -0.1) is 0 Å². The van der Waals surface area contributed by atoms with Gasteiger partial charge in [0.05, 0.1) is 13.4 Å². The van der Waals surface area contributed by atoms with Gasteiger partial charge >= 0.3 is 0 Å². The lowest BCUT2D eigenvalue weighted by Crippen LogP contribution is -1.86. The van der Waals surface area contributed by atoms with Gasteiger partial charge in [0.2, 0.25) is 5.78 Å². The van der Waals surface area contributed by atoms with Crippen molar-refractivity contribution in [2.45, 2.75) is 13.3 Å². The fraction of sp³-hybridized carbons (Fsp3) is 0.375. The summed E-state index contributed by atoms with van der Waals surface area (Å²) in [6.07, 6.45) is 3.39. The van der Waals surface area contributed by atoms with Crippen LogP contribution in [0.4, 0.5) is 0 Å². The number of rotatable bonds is 2. The molecule has 0 aliphatic carbocycles. The zero-order chi connectivity index (χ0) is 7.82. The van der Waals surface area contributed by atoms with Crippen LogP contribution in [0.5, 0.6) is 0 Å². The van der Waals surface area contributed by atoms with Crippen LogP contribution in [0.15, 0.2) is 12.3 Å². The van der Waals surface area contributed by atoms with E-state index < -0.39 is 0 Å². The summed E-state index contributed by atoms with van der Waals surface area (Å²) >= 11 is 0. The quantitative estimate of drug-likeness (QED) is 0.325. The first-order chi connectivity index (χ1) is 4.81. The predicted octanol–water partition coefficient (Wildman–Crippen LogP) is 1.13. The molecular formula is C8H10O2. The van der Waals surface area contributed by atoms with Crippen LogP contribution in [0, 0.1) is 11.8 Å². The van der Waals surface area contributed by atoms with Crippen LogP contribution in [-0.2, 0) is 9.53 Å². The second kappa shape index (κ2) is 5.90. The number of ether oxygens (including phenoxy) is 1. The monoisotopic (exact) mass is 138 g/mol. The van der Waals surface area contributed by atoms with E-state index in [1.165, 1.54) is 19.4 Å². The Hall–Kier alpha value is -1.23. The molecule has 2 heteroatoms. The van der Waals surface area contributed by atoms with Crippen molar-refractivity contribution in [3.8, 4) is 11.8 Å². The van der Waals surface area contributed by atoms with E-state index in [2.05, 4.69) is 16.6 Å². The number of allylic oxidation sites excluding steroid dienone is 1. The number of Topliss-reactive ketones (excluding diaryl/α,β-unsaturated/α-hetero) is 1. The Bertz CT molecular complexity index is 181. The summed E-state index contributed by atoms with van der Waals surface area (Å²) in [7, 11) is 1.53. The van der Waals surface area contributed by atoms with Gasteiger partial charge in [0.1, 0.15) is 0 Å². The molecule has 0 aromatic rings. The fourth-order valence-electron chi connectivity index (χ4n) is 0.313. The van der Waals surface area contributed by atoms with Crippen LogP contribution in [0.25, 0.3) is 0 Å². The van der Waals surface area contributed by atoms with E-state index in [-0.39, 0.29) is 5.78 Å². The Morgan fingerprint density at radius 2 is 2.40 bits per heavy atom. The molecule has 0 aliphatic heterocycles. The van der Waals surface area contributed by atoms with Crippen molar-refractivity contribution in [3.63, 3.8) is 0 Å². The van der Waals surface area contributed by atoms with E-state index in [1.54, 1.807) is 6.92 Å². The highest BCUT2D eigenvalue weighted by Gasteiger charge is 1.84. The van der Waals surface area contributed by atoms with E-state index >= 15 is 0 Å². The normalized spacial score (nSPS) is 8.60. The van der Waals surface area contributed by atoms with E-state index in [9.17, 15) is 4.79 Å². The van der Waals surface area contributed by atoms with E-state index in [0.29, 0.717) is 6.42 Å². The number of hydrogen-bond acceptors (Lipinski definition) is 2. The maximum atomic E-state index is 10.5. The third-order valence-corrected chi connectivity index (χ3v) is 0.820. The molecule has 0 spiro atoms. The molecule has 0 unspecified atom stereocenters. The number of ketones is 1. The van der Waals surface area contributed by atoms with Gasteiger partial charge in [0.15, 0.2) is 0 Å². The van der Waals surface area contributed by atoms with Crippen molar-refractivity contribution in [1.29, 1.82) is 0 Å². The first kappa shape index (κ1) is 8.77. The maximum absolute atomic E-state index is 10.5. The topological polar surface area (TPSA) is 26.3 Å². The summed E-state index contributed by atoms with van der Waals surface area (Å²) in [4.78, 5) is 10.5. The lowest BCUT2D eigenvalue weighted by atomic mass is 10.3. The SMILES string of the molecule is CCC(=O)C#C/C=C\OC. The van der Waals surface area contributed by atoms with Gasteiger partial charge in [-0.25, -0.2) is 0 Å². The lowest BCUT2D eigenvalue weighted by Gasteiger charge is -1.79. The second-order valence-electron chi connectivity index (χ2n) is 1.58. The minimum atomic E-state index is -0.0549. The maximum Gasteiger partial charge on any atom is 0.205 e. The summed E-state index contributed by atoms with van der Waals surface area (Å²) in [6, 6.07) is 0. The van der Waals surface area contributed by atoms with Gasteiger partial charge in [0.25, 0.3) is 0 Å². The Morgan fingerprint density at radius 1 is 1.70 bits per heavy atom. The first-order valence-electron chi connectivity index (χ1n) is 3.03. The molecule has 2 nitrogen and oxygen atoms in total. The minimum Gasteiger partial charge on any atom is -0.504 e. The molecule has 0 aromatic heterocycles. The summed E-state index contributed by atoms with van der Waals surface area (Å²) in [6.45, 7) is 1.77. The van der Waals surface area contributed by atoms with Crippen molar-refractivity contribution >= 4 is 5.78 Å². The number of methoxy groups -OCH3 is 1. The van der Waals surface area contributed by atoms with E-state index in [0.717, 1.165) is 0 Å². The molecule has 10 heavy (non-hydrogen) atoms. The van der Waals surface area contributed by atoms with Gasteiger partial charge < -0.3 is 4.74 Å². The largest absolute Gasteiger partial charge is 0.504 e. The van der Waals surface area contributed by atoms with Gasteiger partial charge in [-0.05, 0) is 5.92 Å². The van der Waals surface area contributed by atoms with Crippen molar-refractivity contribution in [3.05, 3.63) is 12.3 Å². The van der Waals surface area contributed by atoms with Crippen LogP contribution in [0.2, 0.25) is 0 Å². The molecule has 0 fully saturated rings. The number of hydrogen-bond donors (Lipinski definition) is 0. The Morgan fingerprint density at radius 3 is 2.90 bits per heavy atom. The van der Waals surface area contributed by atoms with E-state index in [4.69, 9.17) is 0 Å². The highest BCUT2D eigenvalue weighted by atomic mass is 16.5. The Labute approximate surface area is 60.9 Å². The summed E-state index contributed by atoms with van der Waals surface area (Å²) in [5.41, 5.74) is 0. The van der Waals surface area contributed by atoms with Gasteiger partial charge in [0, 0.05) is 12.5 Å². The average Bonchev–Trinajstić information content (AvgIpc) is 1.98. The van der Waals surface area contributed by atoms with Crippen LogP contribution < -0.4 is 0 Å². The van der Waals surface area contributed by atoms with Gasteiger partial charge in [-0.1, -0.05) is 12.8 Å². The molecule has 0 heterocycles. The molecule has 0 amide bonds. The summed E-state index contributed by atoms with van der Waals surface area (Å²) < 4.78 is 4.56. The molecule has 0 bridgehead atoms. The molecule has 0 saturated heterocycles. The fourth-order valence-corrected chi connectivity index (χ4v) is 0.313. The third kappa shape index (κ3) is 4.92. The highest BCUT2D eigenvalue weighted by molar-refractivity contribution is 5.95. The van der Waals surface area contributed by atoms with Crippen molar-refractivity contribution < 1.29 is 9.53 Å². The average molecular weight is 138 g/mol. The molecular weight excluding hydrogens is 128 g/mol. The molecule has 54 valence electrons. The second-order valence-corrected chi connectivity index (χ2v) is 1.58. The molecule has 0 atom stereocenters. The number of carbonyl (C=O) groups is 1. The van der Waals surface area contributed by atoms with Crippen LogP contribution in [0.3, 0.4) is 0 Å². The summed E-state index contributed by atoms with van der Waals surface area (Å²) in [5.74, 6) is 4.89. The highest BCUT2D eigenvalue weighted by Crippen LogP contribution is 1.76. The van der Waals surface area contributed by atoms with Crippen molar-refractivity contribution in [1.82, 2.24) is 0 Å². The first-order valence-corrected chi connectivity index (χ1v) is 3.03. The summed E-state index contributed by atoms with van der Waals surface area (Å²) in [5, 5.41) is 0. The lowest BCUT2D eigenvalue weighted by molar-refractivity contribution is -0.113. The zero-order valence-corrected chi connectivity index (χ0v) is 6.18. The third-order valence-electron chi connectivity index (χ3n) is 0.820. The van der Waals surface area contributed by atoms with Crippen molar-refractivity contribution in [2.24, 2.45) is 0 Å². The Kier molecular flexibility index (Phi) is 5.17. The molecule has 0 aliphatic rings.